The number of carbonyl (C=O) groups excluding carboxylic acids is 1. The number of phenolic OH excluding ortho intramolecular Hbond substituents is 1. The summed E-state index contributed by atoms with van der Waals surface area (Å²) in [6.45, 7) is 0. The third kappa shape index (κ3) is 4.32. The molecule has 28 heavy (non-hydrogen) atoms. The fraction of sp³-hybridized carbons (Fsp3) is 0.105. The first-order valence-electron chi connectivity index (χ1n) is 8.11. The Labute approximate surface area is 169 Å². The topological polar surface area (TPSA) is 109 Å². The summed E-state index contributed by atoms with van der Waals surface area (Å²) in [5, 5.41) is 20.5. The van der Waals surface area contributed by atoms with E-state index in [0.29, 0.717) is 28.3 Å². The van der Waals surface area contributed by atoms with Crippen molar-refractivity contribution in [1.82, 2.24) is 15.6 Å². The van der Waals surface area contributed by atoms with Crippen molar-refractivity contribution in [1.29, 1.82) is 0 Å². The highest BCUT2D eigenvalue weighted by Gasteiger charge is 2.14. The van der Waals surface area contributed by atoms with Crippen LogP contribution in [0.2, 0.25) is 0 Å². The maximum absolute atomic E-state index is 12.3. The number of aromatic hydroxyl groups is 1. The number of nitrogens with zero attached hydrogens (tertiary/aromatic N) is 2. The molecule has 1 aromatic heterocycles. The first-order valence-corrected chi connectivity index (χ1v) is 8.91. The highest BCUT2D eigenvalue weighted by Crippen LogP contribution is 2.32. The van der Waals surface area contributed by atoms with E-state index < -0.39 is 5.91 Å². The number of phenols is 1. The summed E-state index contributed by atoms with van der Waals surface area (Å²) in [5.41, 5.74) is 4.27. The lowest BCUT2D eigenvalue weighted by atomic mass is 10.1. The second-order valence-electron chi connectivity index (χ2n) is 5.64. The maximum Gasteiger partial charge on any atom is 0.289 e. The minimum atomic E-state index is -0.480. The van der Waals surface area contributed by atoms with Gasteiger partial charge in [-0.1, -0.05) is 15.9 Å². The van der Waals surface area contributed by atoms with Gasteiger partial charge in [-0.25, -0.2) is 5.43 Å². The van der Waals surface area contributed by atoms with E-state index in [9.17, 15) is 9.90 Å². The van der Waals surface area contributed by atoms with Gasteiger partial charge in [-0.2, -0.15) is 10.2 Å². The monoisotopic (exact) mass is 444 g/mol. The molecule has 0 saturated heterocycles. The smallest absolute Gasteiger partial charge is 0.289 e. The molecule has 1 heterocycles. The number of benzene rings is 2. The number of nitrogens with one attached hydrogen (secondary N) is 2. The number of halogens is 1. The minimum Gasteiger partial charge on any atom is -0.507 e. The third-order valence-corrected chi connectivity index (χ3v) is 4.36. The molecule has 0 atom stereocenters. The SMILES string of the molecule is COc1ccc(OC)c(-c2cc(C(=O)N/N=C/c3cc(Br)ccc3O)[nH]n2)c1. The number of amides is 1. The van der Waals surface area contributed by atoms with Crippen LogP contribution in [0.3, 0.4) is 0 Å². The molecule has 0 aliphatic carbocycles. The molecule has 0 fully saturated rings. The maximum atomic E-state index is 12.3. The Bertz CT molecular complexity index is 1030. The number of carbonyl (C=O) groups is 1. The summed E-state index contributed by atoms with van der Waals surface area (Å²) < 4.78 is 11.4. The van der Waals surface area contributed by atoms with Crippen molar-refractivity contribution in [3.63, 3.8) is 0 Å². The van der Waals surface area contributed by atoms with Crippen molar-refractivity contribution in [3.8, 4) is 28.5 Å². The number of hydrazone groups is 1. The van der Waals surface area contributed by atoms with E-state index in [1.165, 1.54) is 12.3 Å². The molecule has 0 saturated carbocycles. The molecule has 0 aliphatic heterocycles. The average molecular weight is 445 g/mol. The zero-order valence-corrected chi connectivity index (χ0v) is 16.6. The Kier molecular flexibility index (Phi) is 5.95. The predicted molar refractivity (Wildman–Crippen MR) is 108 cm³/mol. The highest BCUT2D eigenvalue weighted by molar-refractivity contribution is 9.10. The van der Waals surface area contributed by atoms with Gasteiger partial charge in [0.25, 0.3) is 5.91 Å². The molecule has 9 heteroatoms. The average Bonchev–Trinajstić information content (AvgIpc) is 3.20. The molecule has 0 spiro atoms. The zero-order chi connectivity index (χ0) is 20.1. The number of hydrogen-bond acceptors (Lipinski definition) is 6. The van der Waals surface area contributed by atoms with E-state index in [1.807, 2.05) is 0 Å². The Morgan fingerprint density at radius 3 is 2.79 bits per heavy atom. The summed E-state index contributed by atoms with van der Waals surface area (Å²) in [4.78, 5) is 12.3. The van der Waals surface area contributed by atoms with E-state index in [4.69, 9.17) is 9.47 Å². The Morgan fingerprint density at radius 1 is 1.21 bits per heavy atom. The van der Waals surface area contributed by atoms with Gasteiger partial charge in [0.05, 0.1) is 26.1 Å². The van der Waals surface area contributed by atoms with E-state index in [0.717, 1.165) is 4.47 Å². The molecular formula is C19H17BrN4O4. The minimum absolute atomic E-state index is 0.0511. The van der Waals surface area contributed by atoms with Gasteiger partial charge in [-0.05, 0) is 42.5 Å². The molecule has 1 amide bonds. The van der Waals surface area contributed by atoms with E-state index in [-0.39, 0.29) is 11.4 Å². The number of methoxy groups -OCH3 is 2. The third-order valence-electron chi connectivity index (χ3n) is 3.86. The molecule has 0 aliphatic rings. The summed E-state index contributed by atoms with van der Waals surface area (Å²) in [7, 11) is 3.12. The molecular weight excluding hydrogens is 428 g/mol. The number of H-pyrrole nitrogens is 1. The quantitative estimate of drug-likeness (QED) is 0.399. The number of ether oxygens (including phenoxy) is 2. The molecule has 2 aromatic carbocycles. The van der Waals surface area contributed by atoms with E-state index >= 15 is 0 Å². The van der Waals surface area contributed by atoms with Crippen LogP contribution in [0.5, 0.6) is 17.2 Å². The van der Waals surface area contributed by atoms with Crippen LogP contribution < -0.4 is 14.9 Å². The predicted octanol–water partition coefficient (Wildman–Crippen LogP) is 3.33. The Hall–Kier alpha value is -3.33. The van der Waals surface area contributed by atoms with Gasteiger partial charge < -0.3 is 14.6 Å². The molecule has 3 aromatic rings. The van der Waals surface area contributed by atoms with Crippen molar-refractivity contribution in [3.05, 3.63) is 58.2 Å². The Morgan fingerprint density at radius 2 is 2.04 bits per heavy atom. The van der Waals surface area contributed by atoms with Crippen LogP contribution in [0.4, 0.5) is 0 Å². The van der Waals surface area contributed by atoms with Crippen LogP contribution in [-0.4, -0.2) is 41.6 Å². The van der Waals surface area contributed by atoms with Crippen molar-refractivity contribution in [2.24, 2.45) is 5.10 Å². The first-order chi connectivity index (χ1) is 13.5. The van der Waals surface area contributed by atoms with Gasteiger partial charge in [0.1, 0.15) is 22.9 Å². The van der Waals surface area contributed by atoms with Gasteiger partial charge in [-0.15, -0.1) is 0 Å². The fourth-order valence-electron chi connectivity index (χ4n) is 2.44. The van der Waals surface area contributed by atoms with Crippen LogP contribution in [0.25, 0.3) is 11.3 Å². The summed E-state index contributed by atoms with van der Waals surface area (Å²) in [5.74, 6) is 0.812. The van der Waals surface area contributed by atoms with Gasteiger partial charge >= 0.3 is 0 Å². The molecule has 0 radical (unpaired) electrons. The summed E-state index contributed by atoms with van der Waals surface area (Å²) in [6.07, 6.45) is 1.35. The lowest BCUT2D eigenvalue weighted by Gasteiger charge is -2.08. The standard InChI is InChI=1S/C19H17BrN4O4/c1-27-13-4-6-18(28-2)14(8-13)15-9-16(23-22-15)19(26)24-21-10-11-7-12(20)3-5-17(11)25/h3-10,25H,1-2H3,(H,22,23)(H,24,26)/b21-10+. The highest BCUT2D eigenvalue weighted by atomic mass is 79.9. The Balaban J connectivity index is 1.76. The van der Waals surface area contributed by atoms with Crippen LogP contribution in [0.15, 0.2) is 52.0 Å². The largest absolute Gasteiger partial charge is 0.507 e. The number of rotatable bonds is 6. The second kappa shape index (κ2) is 8.57. The molecule has 8 nitrogen and oxygen atoms in total. The van der Waals surface area contributed by atoms with E-state index in [2.05, 4.69) is 36.7 Å². The van der Waals surface area contributed by atoms with Crippen LogP contribution >= 0.6 is 15.9 Å². The van der Waals surface area contributed by atoms with Gasteiger partial charge in [0.2, 0.25) is 0 Å². The lowest BCUT2D eigenvalue weighted by molar-refractivity contribution is 0.0950. The van der Waals surface area contributed by atoms with Gasteiger partial charge in [-0.3, -0.25) is 9.89 Å². The molecule has 0 unspecified atom stereocenters. The number of hydrogen-bond donors (Lipinski definition) is 3. The van der Waals surface area contributed by atoms with Crippen molar-refractivity contribution < 1.29 is 19.4 Å². The summed E-state index contributed by atoms with van der Waals surface area (Å²) in [6, 6.07) is 11.8. The fourth-order valence-corrected chi connectivity index (χ4v) is 2.82. The lowest BCUT2D eigenvalue weighted by Crippen LogP contribution is -2.18. The zero-order valence-electron chi connectivity index (χ0n) is 15.1. The molecule has 144 valence electrons. The van der Waals surface area contributed by atoms with Gasteiger partial charge in [0.15, 0.2) is 0 Å². The van der Waals surface area contributed by atoms with Crippen LogP contribution in [0.1, 0.15) is 16.1 Å². The van der Waals surface area contributed by atoms with Gasteiger partial charge in [0, 0.05) is 15.6 Å². The van der Waals surface area contributed by atoms with E-state index in [1.54, 1.807) is 50.6 Å². The van der Waals surface area contributed by atoms with Crippen molar-refractivity contribution >= 4 is 28.1 Å². The second-order valence-corrected chi connectivity index (χ2v) is 6.55. The molecule has 3 N–H and O–H groups in total. The number of aromatic nitrogens is 2. The molecule has 0 bridgehead atoms. The normalized spacial score (nSPS) is 10.8. The first kappa shape index (κ1) is 19.4. The molecule has 3 rings (SSSR count). The van der Waals surface area contributed by atoms with Crippen LogP contribution in [-0.2, 0) is 0 Å². The van der Waals surface area contributed by atoms with Crippen LogP contribution in [0, 0.1) is 0 Å². The summed E-state index contributed by atoms with van der Waals surface area (Å²) >= 11 is 3.31. The van der Waals surface area contributed by atoms with Crippen molar-refractivity contribution in [2.75, 3.05) is 14.2 Å². The van der Waals surface area contributed by atoms with Crippen molar-refractivity contribution in [2.45, 2.75) is 0 Å². The number of aromatic amines is 1.